The molecule has 0 amide bonds. The highest BCUT2D eigenvalue weighted by atomic mass is 19.1. The maximum absolute atomic E-state index is 13.8. The first-order valence-electron chi connectivity index (χ1n) is 7.50. The van der Waals surface area contributed by atoms with Crippen LogP contribution in [0.1, 0.15) is 11.1 Å². The third-order valence-electron chi connectivity index (χ3n) is 4.22. The summed E-state index contributed by atoms with van der Waals surface area (Å²) in [5.41, 5.74) is 3.46. The van der Waals surface area contributed by atoms with Crippen LogP contribution < -0.4 is 4.90 Å². The molecule has 2 aromatic rings. The summed E-state index contributed by atoms with van der Waals surface area (Å²) in [5.74, 6) is -0.121. The topological polar surface area (TPSA) is 6.48 Å². The third kappa shape index (κ3) is 3.24. The number of benzene rings is 2. The number of piperazine rings is 1. The standard InChI is InChI=1S/C18H21FN2/c1-15-6-2-3-7-16(15)14-20-10-12-21(13-11-20)18-9-5-4-8-17(18)19/h2-9H,10-14H2,1H3. The molecular weight excluding hydrogens is 263 g/mol. The number of nitrogens with zero attached hydrogens (tertiary/aromatic N) is 2. The maximum atomic E-state index is 13.8. The molecule has 21 heavy (non-hydrogen) atoms. The zero-order valence-electron chi connectivity index (χ0n) is 12.4. The fraction of sp³-hybridized carbons (Fsp3) is 0.333. The Bertz CT molecular complexity index is 604. The summed E-state index contributed by atoms with van der Waals surface area (Å²) in [6.07, 6.45) is 0. The molecule has 0 N–H and O–H groups in total. The Morgan fingerprint density at radius 2 is 1.57 bits per heavy atom. The smallest absolute Gasteiger partial charge is 0.146 e. The number of halogens is 1. The van der Waals surface area contributed by atoms with Gasteiger partial charge in [0.25, 0.3) is 0 Å². The van der Waals surface area contributed by atoms with Crippen molar-refractivity contribution >= 4 is 5.69 Å². The molecule has 3 rings (SSSR count). The summed E-state index contributed by atoms with van der Waals surface area (Å²) >= 11 is 0. The van der Waals surface area contributed by atoms with Gasteiger partial charge in [-0.2, -0.15) is 0 Å². The lowest BCUT2D eigenvalue weighted by molar-refractivity contribution is 0.249. The molecule has 0 spiro atoms. The van der Waals surface area contributed by atoms with Crippen LogP contribution in [0.2, 0.25) is 0 Å². The van der Waals surface area contributed by atoms with Crippen LogP contribution in [0.4, 0.5) is 10.1 Å². The molecule has 0 unspecified atom stereocenters. The lowest BCUT2D eigenvalue weighted by Gasteiger charge is -2.36. The van der Waals surface area contributed by atoms with Crippen molar-refractivity contribution in [2.75, 3.05) is 31.1 Å². The molecule has 0 aromatic heterocycles. The highest BCUT2D eigenvalue weighted by Crippen LogP contribution is 2.21. The monoisotopic (exact) mass is 284 g/mol. The quantitative estimate of drug-likeness (QED) is 0.851. The van der Waals surface area contributed by atoms with E-state index in [0.29, 0.717) is 0 Å². The number of hydrogen-bond donors (Lipinski definition) is 0. The van der Waals surface area contributed by atoms with Gasteiger partial charge < -0.3 is 4.90 Å². The summed E-state index contributed by atoms with van der Waals surface area (Å²) in [7, 11) is 0. The summed E-state index contributed by atoms with van der Waals surface area (Å²) in [6.45, 7) is 6.85. The number of rotatable bonds is 3. The summed E-state index contributed by atoms with van der Waals surface area (Å²) in [6, 6.07) is 15.6. The second-order valence-corrected chi connectivity index (χ2v) is 5.64. The van der Waals surface area contributed by atoms with Crippen LogP contribution in [0.3, 0.4) is 0 Å². The van der Waals surface area contributed by atoms with Crippen LogP contribution in [0.25, 0.3) is 0 Å². The lowest BCUT2D eigenvalue weighted by atomic mass is 10.1. The highest BCUT2D eigenvalue weighted by Gasteiger charge is 2.19. The third-order valence-corrected chi connectivity index (χ3v) is 4.22. The molecule has 0 saturated carbocycles. The van der Waals surface area contributed by atoms with E-state index in [1.54, 1.807) is 6.07 Å². The summed E-state index contributed by atoms with van der Waals surface area (Å²) in [5, 5.41) is 0. The Morgan fingerprint density at radius 3 is 2.29 bits per heavy atom. The Balaban J connectivity index is 1.61. The first-order valence-corrected chi connectivity index (χ1v) is 7.50. The Morgan fingerprint density at radius 1 is 0.905 bits per heavy atom. The molecule has 3 heteroatoms. The van der Waals surface area contributed by atoms with Crippen molar-refractivity contribution in [1.29, 1.82) is 0 Å². The zero-order valence-corrected chi connectivity index (χ0v) is 12.4. The highest BCUT2D eigenvalue weighted by molar-refractivity contribution is 5.48. The van der Waals surface area contributed by atoms with Gasteiger partial charge in [-0.3, -0.25) is 4.90 Å². The van der Waals surface area contributed by atoms with E-state index in [4.69, 9.17) is 0 Å². The molecule has 2 nitrogen and oxygen atoms in total. The SMILES string of the molecule is Cc1ccccc1CN1CCN(c2ccccc2F)CC1. The molecule has 1 heterocycles. The average molecular weight is 284 g/mol. The minimum Gasteiger partial charge on any atom is -0.367 e. The maximum Gasteiger partial charge on any atom is 0.146 e. The average Bonchev–Trinajstić information content (AvgIpc) is 2.51. The molecule has 1 aliphatic rings. The molecule has 1 fully saturated rings. The van der Waals surface area contributed by atoms with Crippen LogP contribution in [-0.2, 0) is 6.54 Å². The predicted octanol–water partition coefficient (Wildman–Crippen LogP) is 3.46. The molecule has 0 bridgehead atoms. The molecule has 2 aromatic carbocycles. The van der Waals surface area contributed by atoms with Crippen LogP contribution in [0, 0.1) is 12.7 Å². The fourth-order valence-corrected chi connectivity index (χ4v) is 2.88. The number of aryl methyl sites for hydroxylation is 1. The van der Waals surface area contributed by atoms with Gasteiger partial charge in [-0.15, -0.1) is 0 Å². The van der Waals surface area contributed by atoms with Crippen LogP contribution >= 0.6 is 0 Å². The van der Waals surface area contributed by atoms with Gasteiger partial charge in [0.15, 0.2) is 0 Å². The van der Waals surface area contributed by atoms with E-state index in [9.17, 15) is 4.39 Å². The minimum absolute atomic E-state index is 0.121. The van der Waals surface area contributed by atoms with Gasteiger partial charge in [-0.1, -0.05) is 36.4 Å². The molecule has 1 saturated heterocycles. The van der Waals surface area contributed by atoms with Crippen molar-refractivity contribution < 1.29 is 4.39 Å². The largest absolute Gasteiger partial charge is 0.367 e. The van der Waals surface area contributed by atoms with E-state index in [1.165, 1.54) is 17.2 Å². The van der Waals surface area contributed by atoms with Crippen LogP contribution in [-0.4, -0.2) is 31.1 Å². The molecule has 0 radical (unpaired) electrons. The van der Waals surface area contributed by atoms with Crippen LogP contribution in [0.15, 0.2) is 48.5 Å². The minimum atomic E-state index is -0.121. The van der Waals surface area contributed by atoms with Crippen LogP contribution in [0.5, 0.6) is 0 Å². The van der Waals surface area contributed by atoms with E-state index in [0.717, 1.165) is 38.4 Å². The summed E-state index contributed by atoms with van der Waals surface area (Å²) in [4.78, 5) is 4.59. The van der Waals surface area contributed by atoms with E-state index in [2.05, 4.69) is 41.0 Å². The van der Waals surface area contributed by atoms with Crippen molar-refractivity contribution in [3.05, 3.63) is 65.5 Å². The first kappa shape index (κ1) is 14.1. The molecular formula is C18H21FN2. The number of hydrogen-bond acceptors (Lipinski definition) is 2. The van der Waals surface area contributed by atoms with Crippen molar-refractivity contribution in [3.63, 3.8) is 0 Å². The second kappa shape index (κ2) is 6.27. The van der Waals surface area contributed by atoms with E-state index >= 15 is 0 Å². The zero-order chi connectivity index (χ0) is 14.7. The molecule has 1 aliphatic heterocycles. The van der Waals surface area contributed by atoms with Gasteiger partial charge in [0.2, 0.25) is 0 Å². The van der Waals surface area contributed by atoms with Crippen molar-refractivity contribution in [1.82, 2.24) is 4.90 Å². The lowest BCUT2D eigenvalue weighted by Crippen LogP contribution is -2.46. The number of anilines is 1. The van der Waals surface area contributed by atoms with Gasteiger partial charge in [0.05, 0.1) is 5.69 Å². The number of para-hydroxylation sites is 1. The summed E-state index contributed by atoms with van der Waals surface area (Å²) < 4.78 is 13.8. The van der Waals surface area contributed by atoms with Crippen molar-refractivity contribution in [2.24, 2.45) is 0 Å². The van der Waals surface area contributed by atoms with Gasteiger partial charge in [0.1, 0.15) is 5.82 Å². The Kier molecular flexibility index (Phi) is 4.20. The van der Waals surface area contributed by atoms with Gasteiger partial charge >= 0.3 is 0 Å². The Labute approximate surface area is 125 Å². The first-order chi connectivity index (χ1) is 10.2. The Hall–Kier alpha value is -1.87. The normalized spacial score (nSPS) is 16.2. The molecule has 0 aliphatic carbocycles. The van der Waals surface area contributed by atoms with E-state index in [-0.39, 0.29) is 5.82 Å². The van der Waals surface area contributed by atoms with E-state index < -0.39 is 0 Å². The van der Waals surface area contributed by atoms with Gasteiger partial charge in [0, 0.05) is 32.7 Å². The second-order valence-electron chi connectivity index (χ2n) is 5.64. The van der Waals surface area contributed by atoms with Gasteiger partial charge in [-0.25, -0.2) is 4.39 Å². The molecule has 110 valence electrons. The fourth-order valence-electron chi connectivity index (χ4n) is 2.88. The van der Waals surface area contributed by atoms with Crippen molar-refractivity contribution in [2.45, 2.75) is 13.5 Å². The van der Waals surface area contributed by atoms with E-state index in [1.807, 2.05) is 12.1 Å². The molecule has 0 atom stereocenters. The van der Waals surface area contributed by atoms with Crippen molar-refractivity contribution in [3.8, 4) is 0 Å². The predicted molar refractivity (Wildman–Crippen MR) is 85.1 cm³/mol. The van der Waals surface area contributed by atoms with Gasteiger partial charge in [-0.05, 0) is 30.2 Å².